The molecule has 2 aromatic rings. The second-order valence-corrected chi connectivity index (χ2v) is 8.07. The number of hydrogen-bond donors (Lipinski definition) is 0. The molecular weight excluding hydrogens is 380 g/mol. The fourth-order valence-corrected chi connectivity index (χ4v) is 3.96. The first-order valence-electron chi connectivity index (χ1n) is 10.6. The highest BCUT2D eigenvalue weighted by Gasteiger charge is 2.30. The van der Waals surface area contributed by atoms with E-state index in [0.29, 0.717) is 19.0 Å². The van der Waals surface area contributed by atoms with E-state index >= 15 is 0 Å². The lowest BCUT2D eigenvalue weighted by Gasteiger charge is -2.36. The van der Waals surface area contributed by atoms with Gasteiger partial charge < -0.3 is 19.3 Å². The molecule has 0 spiro atoms. The third kappa shape index (κ3) is 4.56. The maximum absolute atomic E-state index is 12.2. The van der Waals surface area contributed by atoms with E-state index in [1.54, 1.807) is 14.2 Å². The number of rotatable bonds is 7. The van der Waals surface area contributed by atoms with Crippen LogP contribution in [0.15, 0.2) is 24.3 Å². The van der Waals surface area contributed by atoms with Crippen molar-refractivity contribution in [2.45, 2.75) is 32.1 Å². The largest absolute Gasteiger partial charge is 0.497 e. The molecule has 0 bridgehead atoms. The van der Waals surface area contributed by atoms with Crippen LogP contribution in [-0.2, 0) is 16.0 Å². The molecule has 160 valence electrons. The summed E-state index contributed by atoms with van der Waals surface area (Å²) >= 11 is 0. The SMILES string of the molecule is COCC(=O)N1CCN(c2nc(C3CC3)nc(C)c2Cc2cccc(OC)c2)CC1. The van der Waals surface area contributed by atoms with Crippen molar-refractivity contribution < 1.29 is 14.3 Å². The number of aryl methyl sites for hydroxylation is 1. The van der Waals surface area contributed by atoms with Crippen molar-refractivity contribution >= 4 is 11.7 Å². The Hall–Kier alpha value is -2.67. The van der Waals surface area contributed by atoms with Crippen LogP contribution >= 0.6 is 0 Å². The molecule has 0 unspecified atom stereocenters. The third-order valence-electron chi connectivity index (χ3n) is 5.87. The normalized spacial score (nSPS) is 16.6. The summed E-state index contributed by atoms with van der Waals surface area (Å²) in [5, 5.41) is 0. The van der Waals surface area contributed by atoms with Gasteiger partial charge in [0.25, 0.3) is 0 Å². The van der Waals surface area contributed by atoms with E-state index in [2.05, 4.69) is 24.0 Å². The number of carbonyl (C=O) groups excluding carboxylic acids is 1. The number of benzene rings is 1. The van der Waals surface area contributed by atoms with Crippen molar-refractivity contribution in [2.24, 2.45) is 0 Å². The quantitative estimate of drug-likeness (QED) is 0.699. The van der Waals surface area contributed by atoms with Crippen LogP contribution in [-0.4, -0.2) is 67.8 Å². The summed E-state index contributed by atoms with van der Waals surface area (Å²) in [6, 6.07) is 8.16. The molecular formula is C23H30N4O3. The fraction of sp³-hybridized carbons (Fsp3) is 0.522. The van der Waals surface area contributed by atoms with Crippen LogP contribution in [0.5, 0.6) is 5.75 Å². The summed E-state index contributed by atoms with van der Waals surface area (Å²) in [6.45, 7) is 5.12. The first kappa shape index (κ1) is 20.6. The maximum atomic E-state index is 12.2. The molecule has 2 aliphatic rings. The molecule has 1 aromatic carbocycles. The fourth-order valence-electron chi connectivity index (χ4n) is 3.96. The van der Waals surface area contributed by atoms with E-state index in [1.807, 2.05) is 17.0 Å². The minimum Gasteiger partial charge on any atom is -0.497 e. The Balaban J connectivity index is 1.60. The van der Waals surface area contributed by atoms with Crippen molar-refractivity contribution in [2.75, 3.05) is 51.9 Å². The molecule has 1 saturated heterocycles. The highest BCUT2D eigenvalue weighted by atomic mass is 16.5. The number of methoxy groups -OCH3 is 2. The van der Waals surface area contributed by atoms with Gasteiger partial charge in [-0.05, 0) is 37.5 Å². The average molecular weight is 411 g/mol. The van der Waals surface area contributed by atoms with Crippen molar-refractivity contribution in [3.8, 4) is 5.75 Å². The van der Waals surface area contributed by atoms with Gasteiger partial charge in [0.1, 0.15) is 24.0 Å². The molecule has 2 fully saturated rings. The van der Waals surface area contributed by atoms with Gasteiger partial charge in [0, 0.05) is 56.9 Å². The van der Waals surface area contributed by atoms with Crippen molar-refractivity contribution in [3.05, 3.63) is 46.9 Å². The Morgan fingerprint density at radius 2 is 1.90 bits per heavy atom. The summed E-state index contributed by atoms with van der Waals surface area (Å²) in [4.78, 5) is 26.2. The number of ether oxygens (including phenoxy) is 2. The summed E-state index contributed by atoms with van der Waals surface area (Å²) in [5.41, 5.74) is 3.38. The molecule has 4 rings (SSSR count). The molecule has 0 N–H and O–H groups in total. The van der Waals surface area contributed by atoms with E-state index in [4.69, 9.17) is 19.4 Å². The Kier molecular flexibility index (Phi) is 6.18. The molecule has 2 heterocycles. The maximum Gasteiger partial charge on any atom is 0.248 e. The predicted octanol–water partition coefficient (Wildman–Crippen LogP) is 2.56. The zero-order valence-corrected chi connectivity index (χ0v) is 18.1. The van der Waals surface area contributed by atoms with E-state index in [-0.39, 0.29) is 12.5 Å². The number of anilines is 1. The van der Waals surface area contributed by atoms with Gasteiger partial charge in [0.15, 0.2) is 0 Å². The van der Waals surface area contributed by atoms with E-state index in [0.717, 1.165) is 48.2 Å². The summed E-state index contributed by atoms with van der Waals surface area (Å²) in [5.74, 6) is 3.39. The van der Waals surface area contributed by atoms with Gasteiger partial charge in [-0.1, -0.05) is 12.1 Å². The Morgan fingerprint density at radius 3 is 2.57 bits per heavy atom. The Morgan fingerprint density at radius 1 is 1.13 bits per heavy atom. The minimum absolute atomic E-state index is 0.0475. The third-order valence-corrected chi connectivity index (χ3v) is 5.87. The topological polar surface area (TPSA) is 67.8 Å². The van der Waals surface area contributed by atoms with Crippen LogP contribution in [0.2, 0.25) is 0 Å². The smallest absolute Gasteiger partial charge is 0.248 e. The van der Waals surface area contributed by atoms with Gasteiger partial charge >= 0.3 is 0 Å². The molecule has 30 heavy (non-hydrogen) atoms. The standard InChI is InChI=1S/C23H30N4O3/c1-16-20(14-17-5-4-6-19(13-17)30-3)23(25-22(24-16)18-7-8-18)27-11-9-26(10-12-27)21(28)15-29-2/h4-6,13,18H,7-12,14-15H2,1-3H3. The monoisotopic (exact) mass is 410 g/mol. The van der Waals surface area contributed by atoms with Crippen molar-refractivity contribution in [1.82, 2.24) is 14.9 Å². The van der Waals surface area contributed by atoms with E-state index < -0.39 is 0 Å². The molecule has 0 radical (unpaired) electrons. The highest BCUT2D eigenvalue weighted by molar-refractivity contribution is 5.77. The van der Waals surface area contributed by atoms with Crippen molar-refractivity contribution in [3.63, 3.8) is 0 Å². The van der Waals surface area contributed by atoms with Crippen LogP contribution in [0, 0.1) is 6.92 Å². The minimum atomic E-state index is 0.0475. The molecule has 1 aliphatic carbocycles. The van der Waals surface area contributed by atoms with Gasteiger partial charge in [0.05, 0.1) is 7.11 Å². The van der Waals surface area contributed by atoms with Crippen molar-refractivity contribution in [1.29, 1.82) is 0 Å². The van der Waals surface area contributed by atoms with E-state index in [9.17, 15) is 4.79 Å². The first-order valence-corrected chi connectivity index (χ1v) is 10.6. The predicted molar refractivity (Wildman–Crippen MR) is 115 cm³/mol. The first-order chi connectivity index (χ1) is 14.6. The summed E-state index contributed by atoms with van der Waals surface area (Å²) in [7, 11) is 3.25. The zero-order valence-electron chi connectivity index (χ0n) is 18.1. The molecule has 7 heteroatoms. The van der Waals surface area contributed by atoms with Gasteiger partial charge in [-0.2, -0.15) is 0 Å². The van der Waals surface area contributed by atoms with Crippen LogP contribution in [0.1, 0.15) is 41.4 Å². The molecule has 1 aromatic heterocycles. The van der Waals surface area contributed by atoms with Gasteiger partial charge in [-0.15, -0.1) is 0 Å². The van der Waals surface area contributed by atoms with Crippen LogP contribution in [0.4, 0.5) is 5.82 Å². The lowest BCUT2D eigenvalue weighted by Crippen LogP contribution is -2.50. The molecule has 1 amide bonds. The molecule has 0 atom stereocenters. The number of nitrogens with zero attached hydrogens (tertiary/aromatic N) is 4. The Labute approximate surface area is 178 Å². The summed E-state index contributed by atoms with van der Waals surface area (Å²) < 4.78 is 10.4. The van der Waals surface area contributed by atoms with Gasteiger partial charge in [-0.3, -0.25) is 4.79 Å². The summed E-state index contributed by atoms with van der Waals surface area (Å²) in [6.07, 6.45) is 3.10. The Bertz CT molecular complexity index is 905. The number of carbonyl (C=O) groups is 1. The molecule has 7 nitrogen and oxygen atoms in total. The van der Waals surface area contributed by atoms with E-state index in [1.165, 1.54) is 18.4 Å². The lowest BCUT2D eigenvalue weighted by atomic mass is 10.0. The number of hydrogen-bond acceptors (Lipinski definition) is 6. The second kappa shape index (κ2) is 9.00. The number of amides is 1. The zero-order chi connectivity index (χ0) is 21.1. The molecule has 1 aliphatic heterocycles. The number of piperazine rings is 1. The van der Waals surface area contributed by atoms with Crippen LogP contribution in [0.25, 0.3) is 0 Å². The second-order valence-electron chi connectivity index (χ2n) is 8.07. The molecule has 1 saturated carbocycles. The number of aromatic nitrogens is 2. The van der Waals surface area contributed by atoms with Gasteiger partial charge in [-0.25, -0.2) is 9.97 Å². The van der Waals surface area contributed by atoms with Crippen LogP contribution < -0.4 is 9.64 Å². The highest BCUT2D eigenvalue weighted by Crippen LogP contribution is 2.39. The van der Waals surface area contributed by atoms with Gasteiger partial charge in [0.2, 0.25) is 5.91 Å². The lowest BCUT2D eigenvalue weighted by molar-refractivity contribution is -0.135. The average Bonchev–Trinajstić information content (AvgIpc) is 3.61. The van der Waals surface area contributed by atoms with Crippen LogP contribution in [0.3, 0.4) is 0 Å².